The van der Waals surface area contributed by atoms with Gasteiger partial charge in [0.1, 0.15) is 5.75 Å². The van der Waals surface area contributed by atoms with E-state index in [2.05, 4.69) is 19.2 Å². The number of hydrogen-bond acceptors (Lipinski definition) is 4. The molecule has 0 aliphatic heterocycles. The van der Waals surface area contributed by atoms with Gasteiger partial charge < -0.3 is 10.1 Å². The first-order valence-corrected chi connectivity index (χ1v) is 10.6. The van der Waals surface area contributed by atoms with Gasteiger partial charge in [0.25, 0.3) is 15.9 Å². The minimum atomic E-state index is -3.86. The third-order valence-corrected chi connectivity index (χ3v) is 6.31. The molecule has 6 nitrogen and oxygen atoms in total. The van der Waals surface area contributed by atoms with Gasteiger partial charge in [-0.15, -0.1) is 0 Å². The molecule has 0 spiro atoms. The summed E-state index contributed by atoms with van der Waals surface area (Å²) in [7, 11) is -0.899. The van der Waals surface area contributed by atoms with Crippen molar-refractivity contribution >= 4 is 21.6 Å². The summed E-state index contributed by atoms with van der Waals surface area (Å²) in [5.74, 6) is 0.657. The summed E-state index contributed by atoms with van der Waals surface area (Å²) in [4.78, 5) is 12.6. The molecule has 7 heteroatoms. The SMILES string of the molecule is COc1ccccc1N(C)S(=O)(=O)c1ccc(C)c(C(=O)NCCC(C)C)c1. The second-order valence-electron chi connectivity index (χ2n) is 7.06. The lowest BCUT2D eigenvalue weighted by atomic mass is 10.1. The van der Waals surface area contributed by atoms with Crippen molar-refractivity contribution in [3.05, 3.63) is 53.6 Å². The van der Waals surface area contributed by atoms with Crippen LogP contribution < -0.4 is 14.4 Å². The van der Waals surface area contributed by atoms with Gasteiger partial charge in [-0.1, -0.05) is 32.0 Å². The lowest BCUT2D eigenvalue weighted by Gasteiger charge is -2.22. The van der Waals surface area contributed by atoms with Crippen molar-refractivity contribution in [2.45, 2.75) is 32.1 Å². The van der Waals surface area contributed by atoms with Crippen LogP contribution in [0.4, 0.5) is 5.69 Å². The Morgan fingerprint density at radius 2 is 1.86 bits per heavy atom. The van der Waals surface area contributed by atoms with Gasteiger partial charge in [0.15, 0.2) is 0 Å². The molecule has 0 atom stereocenters. The number of rotatable bonds is 8. The lowest BCUT2D eigenvalue weighted by Crippen LogP contribution is -2.29. The predicted octanol–water partition coefficient (Wildman–Crippen LogP) is 3.60. The number of ether oxygens (including phenoxy) is 1. The number of anilines is 1. The van der Waals surface area contributed by atoms with Crippen LogP contribution in [0.1, 0.15) is 36.2 Å². The lowest BCUT2D eigenvalue weighted by molar-refractivity contribution is 0.0951. The topological polar surface area (TPSA) is 75.7 Å². The molecule has 28 heavy (non-hydrogen) atoms. The van der Waals surface area contributed by atoms with Crippen LogP contribution in [-0.4, -0.2) is 35.0 Å². The summed E-state index contributed by atoms with van der Waals surface area (Å²) in [6, 6.07) is 11.5. The molecule has 0 bridgehead atoms. The molecule has 2 aromatic carbocycles. The molecule has 2 rings (SSSR count). The molecule has 0 heterocycles. The Morgan fingerprint density at radius 3 is 2.50 bits per heavy atom. The number of methoxy groups -OCH3 is 1. The van der Waals surface area contributed by atoms with Crippen molar-refractivity contribution in [1.29, 1.82) is 0 Å². The van der Waals surface area contributed by atoms with E-state index in [-0.39, 0.29) is 10.8 Å². The highest BCUT2D eigenvalue weighted by Gasteiger charge is 2.25. The van der Waals surface area contributed by atoms with Crippen LogP contribution in [0.5, 0.6) is 5.75 Å². The molecule has 0 unspecified atom stereocenters. The third-order valence-electron chi connectivity index (χ3n) is 4.54. The van der Waals surface area contributed by atoms with Crippen molar-refractivity contribution in [2.24, 2.45) is 5.92 Å². The maximum Gasteiger partial charge on any atom is 0.264 e. The fraction of sp³-hybridized carbons (Fsp3) is 0.381. The highest BCUT2D eigenvalue weighted by Crippen LogP contribution is 2.31. The van der Waals surface area contributed by atoms with Crippen LogP contribution in [0.2, 0.25) is 0 Å². The van der Waals surface area contributed by atoms with Gasteiger partial charge in [-0.05, 0) is 49.1 Å². The number of hydrogen-bond donors (Lipinski definition) is 1. The van der Waals surface area contributed by atoms with E-state index in [1.807, 2.05) is 0 Å². The molecular weight excluding hydrogens is 376 g/mol. The first kappa shape index (κ1) is 21.8. The Hall–Kier alpha value is -2.54. The molecule has 1 N–H and O–H groups in total. The molecule has 0 aromatic heterocycles. The molecule has 0 fully saturated rings. The average molecular weight is 405 g/mol. The van der Waals surface area contributed by atoms with Gasteiger partial charge in [0.05, 0.1) is 17.7 Å². The molecule has 152 valence electrons. The van der Waals surface area contributed by atoms with Crippen LogP contribution in [0.25, 0.3) is 0 Å². The minimum Gasteiger partial charge on any atom is -0.495 e. The molecule has 2 aromatic rings. The maximum absolute atomic E-state index is 13.1. The number of carbonyl (C=O) groups excluding carboxylic acids is 1. The van der Waals surface area contributed by atoms with E-state index in [1.54, 1.807) is 37.3 Å². The van der Waals surface area contributed by atoms with Gasteiger partial charge in [0.2, 0.25) is 0 Å². The normalized spacial score (nSPS) is 11.4. The number of nitrogens with one attached hydrogen (secondary N) is 1. The highest BCUT2D eigenvalue weighted by atomic mass is 32.2. The number of sulfonamides is 1. The number of nitrogens with zero attached hydrogens (tertiary/aromatic N) is 1. The number of para-hydroxylation sites is 2. The number of amides is 1. The van der Waals surface area contributed by atoms with E-state index in [1.165, 1.54) is 26.3 Å². The van der Waals surface area contributed by atoms with Crippen molar-refractivity contribution in [1.82, 2.24) is 5.32 Å². The fourth-order valence-corrected chi connectivity index (χ4v) is 3.99. The van der Waals surface area contributed by atoms with E-state index in [0.717, 1.165) is 16.3 Å². The predicted molar refractivity (Wildman–Crippen MR) is 112 cm³/mol. The standard InChI is InChI=1S/C21H28N2O4S/c1-15(2)12-13-22-21(24)18-14-17(11-10-16(18)3)28(25,26)23(4)19-8-6-7-9-20(19)27-5/h6-11,14-15H,12-13H2,1-5H3,(H,22,24). The average Bonchev–Trinajstić information content (AvgIpc) is 2.67. The fourth-order valence-electron chi connectivity index (χ4n) is 2.75. The summed E-state index contributed by atoms with van der Waals surface area (Å²) in [5, 5.41) is 2.86. The summed E-state index contributed by atoms with van der Waals surface area (Å²) in [6.45, 7) is 6.50. The minimum absolute atomic E-state index is 0.0560. The zero-order valence-electron chi connectivity index (χ0n) is 17.0. The van der Waals surface area contributed by atoms with Crippen molar-refractivity contribution in [2.75, 3.05) is 25.0 Å². The molecular formula is C21H28N2O4S. The van der Waals surface area contributed by atoms with Crippen LogP contribution in [0.15, 0.2) is 47.4 Å². The second kappa shape index (κ2) is 9.10. The third kappa shape index (κ3) is 4.84. The summed E-state index contributed by atoms with van der Waals surface area (Å²) < 4.78 is 32.7. The number of benzene rings is 2. The second-order valence-corrected chi connectivity index (χ2v) is 9.03. The Balaban J connectivity index is 2.35. The first-order chi connectivity index (χ1) is 13.2. The van der Waals surface area contributed by atoms with Crippen LogP contribution >= 0.6 is 0 Å². The van der Waals surface area contributed by atoms with E-state index in [9.17, 15) is 13.2 Å². The number of aryl methyl sites for hydroxylation is 1. The maximum atomic E-state index is 13.1. The first-order valence-electron chi connectivity index (χ1n) is 9.19. The van der Waals surface area contributed by atoms with Gasteiger partial charge in [-0.2, -0.15) is 0 Å². The zero-order valence-corrected chi connectivity index (χ0v) is 17.8. The molecule has 1 amide bonds. The summed E-state index contributed by atoms with van der Waals surface area (Å²) >= 11 is 0. The molecule has 0 aliphatic carbocycles. The van der Waals surface area contributed by atoms with Crippen molar-refractivity contribution in [3.63, 3.8) is 0 Å². The Morgan fingerprint density at radius 1 is 1.18 bits per heavy atom. The van der Waals surface area contributed by atoms with Gasteiger partial charge in [0, 0.05) is 19.2 Å². The van der Waals surface area contributed by atoms with Crippen LogP contribution in [0, 0.1) is 12.8 Å². The van der Waals surface area contributed by atoms with Gasteiger partial charge in [-0.3, -0.25) is 9.10 Å². The van der Waals surface area contributed by atoms with Crippen molar-refractivity contribution < 1.29 is 17.9 Å². The van der Waals surface area contributed by atoms with E-state index in [4.69, 9.17) is 4.74 Å². The Labute approximate surface area is 167 Å². The van der Waals surface area contributed by atoms with E-state index in [0.29, 0.717) is 29.5 Å². The van der Waals surface area contributed by atoms with Crippen LogP contribution in [-0.2, 0) is 10.0 Å². The smallest absolute Gasteiger partial charge is 0.264 e. The van der Waals surface area contributed by atoms with E-state index >= 15 is 0 Å². The molecule has 0 saturated carbocycles. The molecule has 0 aliphatic rings. The zero-order chi connectivity index (χ0) is 20.9. The van der Waals surface area contributed by atoms with E-state index < -0.39 is 10.0 Å². The Bertz CT molecular complexity index is 939. The molecule has 0 saturated heterocycles. The largest absolute Gasteiger partial charge is 0.495 e. The summed E-state index contributed by atoms with van der Waals surface area (Å²) in [6.07, 6.45) is 0.860. The Kier molecular flexibility index (Phi) is 7.07. The number of carbonyl (C=O) groups is 1. The van der Waals surface area contributed by atoms with Crippen LogP contribution in [0.3, 0.4) is 0 Å². The summed E-state index contributed by atoms with van der Waals surface area (Å²) in [5.41, 5.74) is 1.51. The quantitative estimate of drug-likeness (QED) is 0.729. The monoisotopic (exact) mass is 404 g/mol. The molecule has 0 radical (unpaired) electrons. The van der Waals surface area contributed by atoms with Gasteiger partial charge >= 0.3 is 0 Å². The van der Waals surface area contributed by atoms with Gasteiger partial charge in [-0.25, -0.2) is 8.42 Å². The van der Waals surface area contributed by atoms with Crippen molar-refractivity contribution in [3.8, 4) is 5.75 Å². The highest BCUT2D eigenvalue weighted by molar-refractivity contribution is 7.92.